The van der Waals surface area contributed by atoms with E-state index < -0.39 is 0 Å². The topological polar surface area (TPSA) is 15.3 Å². The summed E-state index contributed by atoms with van der Waals surface area (Å²) in [5.74, 6) is 0.786. The molecule has 1 aliphatic heterocycles. The van der Waals surface area contributed by atoms with Crippen LogP contribution in [-0.2, 0) is 6.42 Å². The molecule has 0 radical (unpaired) electrons. The number of rotatable bonds is 7. The molecule has 2 nitrogen and oxygen atoms in total. The highest BCUT2D eigenvalue weighted by atomic mass is 32.1. The van der Waals surface area contributed by atoms with Gasteiger partial charge in [0.05, 0.1) is 0 Å². The molecule has 1 aromatic rings. The largest absolute Gasteiger partial charge is 0.311 e. The Morgan fingerprint density at radius 3 is 2.95 bits per heavy atom. The lowest BCUT2D eigenvalue weighted by Crippen LogP contribution is -2.58. The lowest BCUT2D eigenvalue weighted by Gasteiger charge is -2.43. The Bertz CT molecular complexity index is 363. The highest BCUT2D eigenvalue weighted by Crippen LogP contribution is 2.20. The molecule has 3 unspecified atom stereocenters. The Labute approximate surface area is 128 Å². The van der Waals surface area contributed by atoms with E-state index in [-0.39, 0.29) is 0 Å². The maximum atomic E-state index is 3.77. The van der Waals surface area contributed by atoms with E-state index in [0.717, 1.165) is 5.92 Å². The lowest BCUT2D eigenvalue weighted by atomic mass is 9.93. The molecule has 1 aromatic heterocycles. The molecule has 0 aliphatic carbocycles. The van der Waals surface area contributed by atoms with Gasteiger partial charge in [-0.1, -0.05) is 39.7 Å². The molecule has 3 heteroatoms. The van der Waals surface area contributed by atoms with E-state index in [4.69, 9.17) is 0 Å². The molecule has 20 heavy (non-hydrogen) atoms. The third-order valence-corrected chi connectivity index (χ3v) is 5.64. The van der Waals surface area contributed by atoms with Crippen LogP contribution in [0.4, 0.5) is 0 Å². The predicted octanol–water partition coefficient (Wildman–Crippen LogP) is 3.78. The van der Waals surface area contributed by atoms with E-state index in [1.807, 2.05) is 11.3 Å². The van der Waals surface area contributed by atoms with Gasteiger partial charge < -0.3 is 5.32 Å². The number of piperazine rings is 1. The van der Waals surface area contributed by atoms with Crippen LogP contribution in [0.15, 0.2) is 17.5 Å². The van der Waals surface area contributed by atoms with Crippen LogP contribution in [0, 0.1) is 5.92 Å². The van der Waals surface area contributed by atoms with Crippen LogP contribution in [0.25, 0.3) is 0 Å². The van der Waals surface area contributed by atoms with Gasteiger partial charge in [0.1, 0.15) is 0 Å². The Morgan fingerprint density at radius 1 is 1.45 bits per heavy atom. The molecule has 0 saturated carbocycles. The summed E-state index contributed by atoms with van der Waals surface area (Å²) in [6.45, 7) is 10.6. The minimum Gasteiger partial charge on any atom is -0.311 e. The first-order valence-electron chi connectivity index (χ1n) is 8.24. The number of nitrogens with one attached hydrogen (secondary N) is 1. The summed E-state index contributed by atoms with van der Waals surface area (Å²) < 4.78 is 0. The highest BCUT2D eigenvalue weighted by Gasteiger charge is 2.30. The van der Waals surface area contributed by atoms with Gasteiger partial charge in [-0.15, -0.1) is 11.3 Å². The summed E-state index contributed by atoms with van der Waals surface area (Å²) >= 11 is 1.90. The zero-order chi connectivity index (χ0) is 14.4. The van der Waals surface area contributed by atoms with Crippen molar-refractivity contribution in [3.63, 3.8) is 0 Å². The zero-order valence-corrected chi connectivity index (χ0v) is 14.1. The average molecular weight is 295 g/mol. The van der Waals surface area contributed by atoms with Gasteiger partial charge in [-0.05, 0) is 30.2 Å². The van der Waals surface area contributed by atoms with Crippen molar-refractivity contribution in [2.75, 3.05) is 19.6 Å². The Morgan fingerprint density at radius 2 is 2.30 bits per heavy atom. The maximum Gasteiger partial charge on any atom is 0.0247 e. The van der Waals surface area contributed by atoms with Crippen LogP contribution in [0.2, 0.25) is 0 Å². The maximum absolute atomic E-state index is 3.77. The van der Waals surface area contributed by atoms with Crippen molar-refractivity contribution < 1.29 is 0 Å². The van der Waals surface area contributed by atoms with Gasteiger partial charge in [-0.25, -0.2) is 0 Å². The van der Waals surface area contributed by atoms with E-state index in [9.17, 15) is 0 Å². The van der Waals surface area contributed by atoms with E-state index in [1.54, 1.807) is 0 Å². The minimum atomic E-state index is 0.698. The van der Waals surface area contributed by atoms with Crippen molar-refractivity contribution in [1.29, 1.82) is 0 Å². The molecule has 0 bridgehead atoms. The zero-order valence-electron chi connectivity index (χ0n) is 13.3. The van der Waals surface area contributed by atoms with E-state index in [2.05, 4.69) is 48.5 Å². The fourth-order valence-electron chi connectivity index (χ4n) is 3.24. The van der Waals surface area contributed by atoms with Crippen LogP contribution in [0.5, 0.6) is 0 Å². The first-order chi connectivity index (χ1) is 9.74. The van der Waals surface area contributed by atoms with Crippen LogP contribution in [0.1, 0.15) is 44.9 Å². The monoisotopic (exact) mass is 294 g/mol. The van der Waals surface area contributed by atoms with Crippen LogP contribution < -0.4 is 5.32 Å². The minimum absolute atomic E-state index is 0.698. The van der Waals surface area contributed by atoms with Crippen LogP contribution >= 0.6 is 11.3 Å². The number of hydrogen-bond acceptors (Lipinski definition) is 3. The molecule has 1 saturated heterocycles. The van der Waals surface area contributed by atoms with Crippen molar-refractivity contribution in [3.05, 3.63) is 22.4 Å². The summed E-state index contributed by atoms with van der Waals surface area (Å²) in [4.78, 5) is 4.28. The van der Waals surface area contributed by atoms with Crippen LogP contribution in [0.3, 0.4) is 0 Å². The van der Waals surface area contributed by atoms with E-state index >= 15 is 0 Å². The van der Waals surface area contributed by atoms with Crippen molar-refractivity contribution in [2.45, 2.75) is 58.5 Å². The molecule has 2 rings (SSSR count). The van der Waals surface area contributed by atoms with Gasteiger partial charge in [0, 0.05) is 36.6 Å². The molecule has 0 amide bonds. The predicted molar refractivity (Wildman–Crippen MR) is 89.5 cm³/mol. The fourth-order valence-corrected chi connectivity index (χ4v) is 3.94. The van der Waals surface area contributed by atoms with Crippen LogP contribution in [-0.4, -0.2) is 36.6 Å². The fraction of sp³-hybridized carbons (Fsp3) is 0.765. The molecular formula is C17H30N2S. The van der Waals surface area contributed by atoms with Gasteiger partial charge in [-0.3, -0.25) is 4.90 Å². The standard InChI is InChI=1S/C17H30N2S/c1-4-7-15-13-19(10-9-16-8-6-11-20-16)17(12-18-15)14(3)5-2/h6,8,11,14-15,17-18H,4-5,7,9-10,12-13H2,1-3H3. The first-order valence-corrected chi connectivity index (χ1v) is 9.12. The Balaban J connectivity index is 1.93. The second-order valence-electron chi connectivity index (χ2n) is 6.17. The first kappa shape index (κ1) is 16.0. The van der Waals surface area contributed by atoms with E-state index in [0.29, 0.717) is 12.1 Å². The summed E-state index contributed by atoms with van der Waals surface area (Å²) in [7, 11) is 0. The van der Waals surface area contributed by atoms with Gasteiger partial charge in [0.25, 0.3) is 0 Å². The molecule has 1 aliphatic rings. The molecule has 2 heterocycles. The average Bonchev–Trinajstić information content (AvgIpc) is 2.98. The summed E-state index contributed by atoms with van der Waals surface area (Å²) in [6, 6.07) is 5.86. The third-order valence-electron chi connectivity index (χ3n) is 4.70. The number of hydrogen-bond donors (Lipinski definition) is 1. The number of nitrogens with zero attached hydrogens (tertiary/aromatic N) is 1. The van der Waals surface area contributed by atoms with Gasteiger partial charge >= 0.3 is 0 Å². The molecule has 1 fully saturated rings. The summed E-state index contributed by atoms with van der Waals surface area (Å²) in [6.07, 6.45) is 5.08. The molecule has 3 atom stereocenters. The Kier molecular flexibility index (Phi) is 6.53. The second-order valence-corrected chi connectivity index (χ2v) is 7.20. The normalized spacial score (nSPS) is 25.8. The molecule has 0 spiro atoms. The lowest BCUT2D eigenvalue weighted by molar-refractivity contribution is 0.0902. The van der Waals surface area contributed by atoms with Crippen molar-refractivity contribution >= 4 is 11.3 Å². The van der Waals surface area contributed by atoms with Gasteiger partial charge in [0.15, 0.2) is 0 Å². The third kappa shape index (κ3) is 4.31. The van der Waals surface area contributed by atoms with Gasteiger partial charge in [-0.2, -0.15) is 0 Å². The smallest absolute Gasteiger partial charge is 0.0247 e. The summed E-state index contributed by atoms with van der Waals surface area (Å²) in [5, 5.41) is 5.96. The quantitative estimate of drug-likeness (QED) is 0.823. The molecule has 0 aromatic carbocycles. The van der Waals surface area contributed by atoms with E-state index in [1.165, 1.54) is 50.2 Å². The van der Waals surface area contributed by atoms with Crippen molar-refractivity contribution in [3.8, 4) is 0 Å². The van der Waals surface area contributed by atoms with Crippen molar-refractivity contribution in [2.24, 2.45) is 5.92 Å². The molecular weight excluding hydrogens is 264 g/mol. The summed E-state index contributed by atoms with van der Waals surface area (Å²) in [5.41, 5.74) is 0. The van der Waals surface area contributed by atoms with Crippen molar-refractivity contribution in [1.82, 2.24) is 10.2 Å². The second kappa shape index (κ2) is 8.16. The van der Waals surface area contributed by atoms with Gasteiger partial charge in [0.2, 0.25) is 0 Å². The Hall–Kier alpha value is -0.380. The number of thiophene rings is 1. The molecule has 114 valence electrons. The molecule has 1 N–H and O–H groups in total. The highest BCUT2D eigenvalue weighted by molar-refractivity contribution is 7.09. The SMILES string of the molecule is CCCC1CN(CCc2cccs2)C(C(C)CC)CN1.